The minimum atomic E-state index is -1.55. The molecule has 4 aliphatic rings. The summed E-state index contributed by atoms with van der Waals surface area (Å²) >= 11 is 0. The van der Waals surface area contributed by atoms with Gasteiger partial charge >= 0.3 is 0 Å². The lowest BCUT2D eigenvalue weighted by Crippen LogP contribution is -2.51. The van der Waals surface area contributed by atoms with E-state index >= 15 is 0 Å². The van der Waals surface area contributed by atoms with Crippen molar-refractivity contribution in [3.8, 4) is 0 Å². The number of allylic oxidation sites excluding steroid dienone is 3. The number of rotatable bonds is 4. The molecule has 0 amide bonds. The maximum atomic E-state index is 6.61. The van der Waals surface area contributed by atoms with Crippen LogP contribution in [0.25, 0.3) is 0 Å². The Morgan fingerprint density at radius 1 is 0.828 bits per heavy atom. The summed E-state index contributed by atoms with van der Waals surface area (Å²) in [5, 5.41) is 0. The highest BCUT2D eigenvalue weighted by Crippen LogP contribution is 2.65. The summed E-state index contributed by atoms with van der Waals surface area (Å²) in [7, 11) is -3.01. The predicted molar refractivity (Wildman–Crippen MR) is 128 cm³/mol. The Bertz CT molecular complexity index is 713. The topological polar surface area (TPSA) is 18.5 Å². The molecule has 2 saturated carbocycles. The van der Waals surface area contributed by atoms with E-state index in [2.05, 4.69) is 65.3 Å². The molecule has 0 aromatic rings. The van der Waals surface area contributed by atoms with E-state index in [0.717, 1.165) is 17.8 Å². The first-order valence-corrected chi connectivity index (χ1v) is 18.9. The van der Waals surface area contributed by atoms with Crippen LogP contribution in [-0.4, -0.2) is 22.7 Å². The van der Waals surface area contributed by atoms with Gasteiger partial charge in [-0.05, 0) is 113 Å². The van der Waals surface area contributed by atoms with Crippen molar-refractivity contribution in [2.75, 3.05) is 0 Å². The Kier molecular flexibility index (Phi) is 5.36. The first kappa shape index (κ1) is 21.9. The van der Waals surface area contributed by atoms with Crippen molar-refractivity contribution in [3.05, 3.63) is 23.5 Å². The Labute approximate surface area is 181 Å². The van der Waals surface area contributed by atoms with Gasteiger partial charge in [0.2, 0.25) is 8.32 Å². The molecule has 0 spiro atoms. The van der Waals surface area contributed by atoms with Crippen LogP contribution in [0.15, 0.2) is 23.5 Å². The molecule has 0 radical (unpaired) electrons. The zero-order valence-electron chi connectivity index (χ0n) is 20.2. The fraction of sp³-hybridized carbons (Fsp3) is 0.840. The number of fused-ring (bicyclic) bond motifs is 5. The summed E-state index contributed by atoms with van der Waals surface area (Å²) in [6.45, 7) is 19.1. The van der Waals surface area contributed by atoms with Crippen LogP contribution in [0.5, 0.6) is 0 Å². The smallest absolute Gasteiger partial charge is 0.241 e. The molecule has 6 atom stereocenters. The van der Waals surface area contributed by atoms with E-state index < -0.39 is 16.6 Å². The van der Waals surface area contributed by atoms with Crippen LogP contribution in [0.1, 0.15) is 58.8 Å². The lowest BCUT2D eigenvalue weighted by Gasteiger charge is -2.58. The van der Waals surface area contributed by atoms with Gasteiger partial charge in [-0.1, -0.05) is 25.5 Å². The monoisotopic (exact) mass is 432 g/mol. The van der Waals surface area contributed by atoms with Crippen molar-refractivity contribution in [2.45, 2.75) is 104 Å². The fourth-order valence-corrected chi connectivity index (χ4v) is 9.42. The quantitative estimate of drug-likeness (QED) is 0.338. The normalized spacial score (nSPS) is 42.3. The van der Waals surface area contributed by atoms with Crippen LogP contribution in [0.4, 0.5) is 0 Å². The third kappa shape index (κ3) is 3.98. The van der Waals surface area contributed by atoms with Crippen LogP contribution in [0, 0.1) is 28.6 Å². The highest BCUT2D eigenvalue weighted by atomic mass is 28.4. The molecule has 3 unspecified atom stereocenters. The fourth-order valence-electron chi connectivity index (χ4n) is 7.24. The molecule has 0 bridgehead atoms. The molecule has 4 rings (SSSR count). The van der Waals surface area contributed by atoms with Crippen molar-refractivity contribution < 1.29 is 8.85 Å². The molecule has 0 aliphatic heterocycles. The van der Waals surface area contributed by atoms with E-state index in [0.29, 0.717) is 11.5 Å². The zero-order valence-corrected chi connectivity index (χ0v) is 22.2. The van der Waals surface area contributed by atoms with Crippen LogP contribution < -0.4 is 0 Å². The summed E-state index contributed by atoms with van der Waals surface area (Å²) in [6, 6.07) is 0. The number of hydrogen-bond acceptors (Lipinski definition) is 2. The van der Waals surface area contributed by atoms with Crippen molar-refractivity contribution in [1.82, 2.24) is 0 Å². The van der Waals surface area contributed by atoms with Gasteiger partial charge in [0.15, 0.2) is 8.32 Å². The highest BCUT2D eigenvalue weighted by molar-refractivity contribution is 6.70. The molecule has 4 heteroatoms. The summed E-state index contributed by atoms with van der Waals surface area (Å²) in [4.78, 5) is 0. The molecule has 4 aliphatic carbocycles. The van der Waals surface area contributed by atoms with E-state index in [1.54, 1.807) is 5.57 Å². The van der Waals surface area contributed by atoms with E-state index in [4.69, 9.17) is 8.85 Å². The largest absolute Gasteiger partial charge is 0.547 e. The molecule has 0 N–H and O–H groups in total. The summed E-state index contributed by atoms with van der Waals surface area (Å²) in [5.41, 5.74) is 2.43. The SMILES string of the molecule is C[C@]12CC[C@H](O[Si](C)(C)C)CC1=CCC1C2CC[C@]2(C)C(O[Si](C)(C)C)=CCC12. The lowest BCUT2D eigenvalue weighted by atomic mass is 9.48. The molecule has 0 saturated heterocycles. The van der Waals surface area contributed by atoms with E-state index in [-0.39, 0.29) is 5.41 Å². The minimum absolute atomic E-state index is 0.279. The van der Waals surface area contributed by atoms with Crippen molar-refractivity contribution >= 4 is 16.6 Å². The van der Waals surface area contributed by atoms with Gasteiger partial charge in [0.1, 0.15) is 0 Å². The van der Waals surface area contributed by atoms with Crippen LogP contribution in [0.3, 0.4) is 0 Å². The Balaban J connectivity index is 1.54. The molecule has 2 nitrogen and oxygen atoms in total. The van der Waals surface area contributed by atoms with E-state index in [9.17, 15) is 0 Å². The summed E-state index contributed by atoms with van der Waals surface area (Å²) in [6.07, 6.45) is 14.6. The van der Waals surface area contributed by atoms with Gasteiger partial charge in [-0.3, -0.25) is 0 Å². The molecule has 0 aromatic carbocycles. The van der Waals surface area contributed by atoms with Gasteiger partial charge in [-0.25, -0.2) is 0 Å². The van der Waals surface area contributed by atoms with Crippen molar-refractivity contribution in [1.29, 1.82) is 0 Å². The van der Waals surface area contributed by atoms with Gasteiger partial charge in [0.25, 0.3) is 0 Å². The Morgan fingerprint density at radius 2 is 1.52 bits per heavy atom. The van der Waals surface area contributed by atoms with Gasteiger partial charge in [0.05, 0.1) is 5.76 Å². The predicted octanol–water partition coefficient (Wildman–Crippen LogP) is 7.51. The van der Waals surface area contributed by atoms with Gasteiger partial charge in [-0.2, -0.15) is 0 Å². The van der Waals surface area contributed by atoms with Crippen molar-refractivity contribution in [2.24, 2.45) is 28.6 Å². The Hall–Kier alpha value is -0.326. The Morgan fingerprint density at radius 3 is 2.17 bits per heavy atom. The zero-order chi connectivity index (χ0) is 21.2. The molecule has 2 fully saturated rings. The first-order chi connectivity index (χ1) is 13.3. The molecule has 29 heavy (non-hydrogen) atoms. The number of hydrogen-bond donors (Lipinski definition) is 0. The second kappa shape index (κ2) is 7.10. The van der Waals surface area contributed by atoms with E-state index in [1.165, 1.54) is 50.7 Å². The standard InChI is InChI=1S/C25H44O2Si2/c1-24-15-13-19(26-28(3,4)5)17-18(24)9-10-20-21-11-12-23(27-29(6,7)8)25(21,2)16-14-22(20)24/h9,12,19-22H,10-11,13-17H2,1-8H3/t19-,20?,21?,22?,24-,25-/m0/s1. The summed E-state index contributed by atoms with van der Waals surface area (Å²) in [5.74, 6) is 3.81. The van der Waals surface area contributed by atoms with Crippen molar-refractivity contribution in [3.63, 3.8) is 0 Å². The average molecular weight is 433 g/mol. The molecular formula is C25H44O2Si2. The third-order valence-electron chi connectivity index (χ3n) is 8.50. The molecule has 0 aromatic heterocycles. The van der Waals surface area contributed by atoms with Crippen LogP contribution in [-0.2, 0) is 8.85 Å². The van der Waals surface area contributed by atoms with Crippen LogP contribution in [0.2, 0.25) is 39.3 Å². The van der Waals surface area contributed by atoms with Gasteiger partial charge < -0.3 is 8.85 Å². The lowest BCUT2D eigenvalue weighted by molar-refractivity contribution is -0.0365. The average Bonchev–Trinajstić information content (AvgIpc) is 2.89. The molecule has 0 heterocycles. The minimum Gasteiger partial charge on any atom is -0.547 e. The maximum Gasteiger partial charge on any atom is 0.241 e. The molecular weight excluding hydrogens is 388 g/mol. The second-order valence-corrected chi connectivity index (χ2v) is 21.7. The van der Waals surface area contributed by atoms with Gasteiger partial charge in [0, 0.05) is 11.5 Å². The summed E-state index contributed by atoms with van der Waals surface area (Å²) < 4.78 is 13.1. The maximum absolute atomic E-state index is 6.61. The first-order valence-electron chi connectivity index (χ1n) is 12.1. The highest BCUT2D eigenvalue weighted by Gasteiger charge is 2.57. The van der Waals surface area contributed by atoms with Gasteiger partial charge in [-0.15, -0.1) is 0 Å². The van der Waals surface area contributed by atoms with E-state index in [1.807, 2.05) is 0 Å². The van der Waals surface area contributed by atoms with Crippen LogP contribution >= 0.6 is 0 Å². The second-order valence-electron chi connectivity index (χ2n) is 12.8. The third-order valence-corrected chi connectivity index (χ3v) is 10.4. The molecule has 164 valence electrons.